The van der Waals surface area contributed by atoms with E-state index in [1.807, 2.05) is 59.8 Å². The molecule has 5 rings (SSSR count). The Balaban J connectivity index is 1.20. The molecule has 202 valence electrons. The predicted octanol–water partition coefficient (Wildman–Crippen LogP) is 5.26. The van der Waals surface area contributed by atoms with Gasteiger partial charge in [-0.05, 0) is 54.1 Å². The molecule has 3 heterocycles. The highest BCUT2D eigenvalue weighted by Gasteiger charge is 2.18. The molecule has 0 radical (unpaired) electrons. The third kappa shape index (κ3) is 7.24. The van der Waals surface area contributed by atoms with Gasteiger partial charge in [0.05, 0.1) is 30.7 Å². The number of nitrogens with one attached hydrogen (secondary N) is 2. The van der Waals surface area contributed by atoms with Crippen molar-refractivity contribution >= 4 is 33.2 Å². The van der Waals surface area contributed by atoms with Crippen molar-refractivity contribution in [2.75, 3.05) is 28.8 Å². The summed E-state index contributed by atoms with van der Waals surface area (Å²) in [6.45, 7) is 1.76. The van der Waals surface area contributed by atoms with Crippen LogP contribution in [0.5, 0.6) is 5.75 Å². The summed E-state index contributed by atoms with van der Waals surface area (Å²) >= 11 is 0. The minimum atomic E-state index is -3.00. The molecule has 10 heteroatoms. The number of rotatable bonds is 11. The van der Waals surface area contributed by atoms with Gasteiger partial charge in [-0.2, -0.15) is 0 Å². The SMILES string of the molecule is CS(=O)(=O)CCNCc1ccc(N2C=Cc3cncc(Nc4ccc(OCc5ccc(F)cc5)cc4)c3C2)o1. The van der Waals surface area contributed by atoms with Gasteiger partial charge in [0.2, 0.25) is 0 Å². The Hall–Kier alpha value is -4.15. The number of halogens is 1. The van der Waals surface area contributed by atoms with E-state index < -0.39 is 9.84 Å². The summed E-state index contributed by atoms with van der Waals surface area (Å²) in [7, 11) is -3.00. The highest BCUT2D eigenvalue weighted by molar-refractivity contribution is 7.90. The Bertz CT molecular complexity index is 1550. The topological polar surface area (TPSA) is 96.7 Å². The Kier molecular flexibility index (Phi) is 7.94. The Labute approximate surface area is 227 Å². The van der Waals surface area contributed by atoms with E-state index >= 15 is 0 Å². The van der Waals surface area contributed by atoms with Crippen molar-refractivity contribution in [1.82, 2.24) is 10.3 Å². The van der Waals surface area contributed by atoms with Crippen LogP contribution in [0, 0.1) is 5.82 Å². The molecule has 1 aliphatic heterocycles. The van der Waals surface area contributed by atoms with Crippen LogP contribution in [0.15, 0.2) is 83.7 Å². The summed E-state index contributed by atoms with van der Waals surface area (Å²) in [6, 6.07) is 17.7. The number of hydrogen-bond acceptors (Lipinski definition) is 8. The first-order valence-electron chi connectivity index (χ1n) is 12.5. The number of anilines is 3. The maximum absolute atomic E-state index is 13.1. The van der Waals surface area contributed by atoms with Gasteiger partial charge in [-0.3, -0.25) is 4.98 Å². The molecule has 2 aromatic carbocycles. The molecule has 0 bridgehead atoms. The average molecular weight is 549 g/mol. The second kappa shape index (κ2) is 11.7. The van der Waals surface area contributed by atoms with Gasteiger partial charge < -0.3 is 24.7 Å². The average Bonchev–Trinajstić information content (AvgIpc) is 3.40. The van der Waals surface area contributed by atoms with Gasteiger partial charge in [0.25, 0.3) is 0 Å². The summed E-state index contributed by atoms with van der Waals surface area (Å²) in [5, 5.41) is 6.55. The molecule has 0 saturated carbocycles. The van der Waals surface area contributed by atoms with Crippen molar-refractivity contribution in [1.29, 1.82) is 0 Å². The minimum absolute atomic E-state index is 0.0851. The second-order valence-electron chi connectivity index (χ2n) is 9.31. The molecule has 0 unspecified atom stereocenters. The third-order valence-electron chi connectivity index (χ3n) is 6.18. The van der Waals surface area contributed by atoms with Gasteiger partial charge >= 0.3 is 0 Å². The first-order valence-corrected chi connectivity index (χ1v) is 14.5. The van der Waals surface area contributed by atoms with Crippen molar-refractivity contribution < 1.29 is 22.0 Å². The number of pyridine rings is 1. The first-order chi connectivity index (χ1) is 18.8. The number of benzene rings is 2. The van der Waals surface area contributed by atoms with E-state index in [9.17, 15) is 12.8 Å². The smallest absolute Gasteiger partial charge is 0.199 e. The van der Waals surface area contributed by atoms with Crippen LogP contribution in [-0.2, 0) is 29.5 Å². The summed E-state index contributed by atoms with van der Waals surface area (Å²) < 4.78 is 47.5. The lowest BCUT2D eigenvalue weighted by Gasteiger charge is -2.25. The fourth-order valence-electron chi connectivity index (χ4n) is 4.10. The number of aromatic nitrogens is 1. The second-order valence-corrected chi connectivity index (χ2v) is 11.6. The van der Waals surface area contributed by atoms with Gasteiger partial charge in [-0.1, -0.05) is 12.1 Å². The van der Waals surface area contributed by atoms with Crippen LogP contribution in [-0.4, -0.2) is 32.0 Å². The molecular formula is C29H29FN4O4S. The molecule has 0 saturated heterocycles. The zero-order valence-corrected chi connectivity index (χ0v) is 22.2. The number of ether oxygens (including phenoxy) is 1. The van der Waals surface area contributed by atoms with Crippen LogP contribution in [0.4, 0.5) is 21.6 Å². The Morgan fingerprint density at radius 2 is 1.85 bits per heavy atom. The lowest BCUT2D eigenvalue weighted by Crippen LogP contribution is -2.22. The quantitative estimate of drug-likeness (QED) is 0.245. The van der Waals surface area contributed by atoms with E-state index in [4.69, 9.17) is 9.15 Å². The summed E-state index contributed by atoms with van der Waals surface area (Å²) in [4.78, 5) is 6.40. The molecule has 39 heavy (non-hydrogen) atoms. The normalized spacial score (nSPS) is 12.8. The van der Waals surface area contributed by atoms with Crippen molar-refractivity contribution in [2.24, 2.45) is 0 Å². The Morgan fingerprint density at radius 3 is 2.62 bits per heavy atom. The van der Waals surface area contributed by atoms with Crippen LogP contribution in [0.1, 0.15) is 22.5 Å². The standard InChI is InChI=1S/C29H29FN4O4S/c1-39(35,36)15-13-31-17-26-10-11-29(38-26)34-14-12-22-16-32-18-28(27(22)19-34)33-24-6-8-25(9-7-24)37-20-21-2-4-23(30)5-3-21/h2-12,14,16,18,31,33H,13,15,17,19-20H2,1H3. The fourth-order valence-corrected chi connectivity index (χ4v) is 4.61. The predicted molar refractivity (Wildman–Crippen MR) is 150 cm³/mol. The van der Waals surface area contributed by atoms with Crippen LogP contribution in [0.2, 0.25) is 0 Å². The largest absolute Gasteiger partial charge is 0.489 e. The first kappa shape index (κ1) is 26.5. The zero-order chi connectivity index (χ0) is 27.2. The summed E-state index contributed by atoms with van der Waals surface area (Å²) in [5.74, 6) is 1.96. The lowest BCUT2D eigenvalue weighted by atomic mass is 10.0. The highest BCUT2D eigenvalue weighted by Crippen LogP contribution is 2.32. The fraction of sp³-hybridized carbons (Fsp3) is 0.207. The van der Waals surface area contributed by atoms with E-state index in [0.29, 0.717) is 37.9 Å². The van der Waals surface area contributed by atoms with Crippen molar-refractivity contribution in [3.05, 3.63) is 108 Å². The zero-order valence-electron chi connectivity index (χ0n) is 21.4. The molecule has 8 nitrogen and oxygen atoms in total. The molecule has 0 atom stereocenters. The van der Waals surface area contributed by atoms with Crippen LogP contribution in [0.3, 0.4) is 0 Å². The molecule has 2 aromatic heterocycles. The molecule has 0 amide bonds. The Morgan fingerprint density at radius 1 is 1.05 bits per heavy atom. The number of nitrogens with zero attached hydrogens (tertiary/aromatic N) is 2. The molecule has 0 spiro atoms. The number of furan rings is 1. The molecule has 0 aliphatic carbocycles. The van der Waals surface area contributed by atoms with Crippen molar-refractivity contribution in [3.63, 3.8) is 0 Å². The monoisotopic (exact) mass is 548 g/mol. The van der Waals surface area contributed by atoms with Crippen molar-refractivity contribution in [2.45, 2.75) is 19.7 Å². The number of hydrogen-bond donors (Lipinski definition) is 2. The lowest BCUT2D eigenvalue weighted by molar-refractivity contribution is 0.306. The van der Waals surface area contributed by atoms with E-state index in [-0.39, 0.29) is 11.6 Å². The van der Waals surface area contributed by atoms with Gasteiger partial charge in [0, 0.05) is 48.1 Å². The van der Waals surface area contributed by atoms with Crippen LogP contribution < -0.4 is 20.3 Å². The number of fused-ring (bicyclic) bond motifs is 1. The van der Waals surface area contributed by atoms with Gasteiger partial charge in [-0.25, -0.2) is 12.8 Å². The van der Waals surface area contributed by atoms with E-state index in [2.05, 4.69) is 15.6 Å². The van der Waals surface area contributed by atoms with E-state index in [1.165, 1.54) is 18.4 Å². The molecule has 4 aromatic rings. The van der Waals surface area contributed by atoms with Crippen LogP contribution in [0.25, 0.3) is 6.08 Å². The van der Waals surface area contributed by atoms with Gasteiger partial charge in [-0.15, -0.1) is 0 Å². The third-order valence-corrected chi connectivity index (χ3v) is 7.13. The maximum atomic E-state index is 13.1. The summed E-state index contributed by atoms with van der Waals surface area (Å²) in [6.07, 6.45) is 8.81. The van der Waals surface area contributed by atoms with E-state index in [1.54, 1.807) is 18.3 Å². The molecule has 2 N–H and O–H groups in total. The molecule has 0 fully saturated rings. The van der Waals surface area contributed by atoms with Crippen molar-refractivity contribution in [3.8, 4) is 5.75 Å². The maximum Gasteiger partial charge on any atom is 0.199 e. The number of sulfone groups is 1. The molecule has 1 aliphatic rings. The minimum Gasteiger partial charge on any atom is -0.489 e. The molecular weight excluding hydrogens is 519 g/mol. The van der Waals surface area contributed by atoms with Crippen LogP contribution >= 0.6 is 0 Å². The summed E-state index contributed by atoms with van der Waals surface area (Å²) in [5.41, 5.74) is 4.76. The highest BCUT2D eigenvalue weighted by atomic mass is 32.2. The van der Waals surface area contributed by atoms with Gasteiger partial charge in [0.1, 0.15) is 33.8 Å². The van der Waals surface area contributed by atoms with Gasteiger partial charge in [0.15, 0.2) is 5.88 Å². The van der Waals surface area contributed by atoms with E-state index in [0.717, 1.165) is 33.8 Å².